The molecule has 1 atom stereocenters. The highest BCUT2D eigenvalue weighted by Crippen LogP contribution is 2.12. The molecule has 8 heteroatoms. The number of carbonyl (C=O) groups excluding carboxylic acids is 2. The molecular weight excluding hydrogens is 384 g/mol. The number of rotatable bonds is 17. The van der Waals surface area contributed by atoms with Crippen LogP contribution in [-0.4, -0.2) is 36.8 Å². The zero-order valence-corrected chi connectivity index (χ0v) is 18.0. The molecule has 0 aliphatic heterocycles. The summed E-state index contributed by atoms with van der Waals surface area (Å²) in [6.45, 7) is 3.94. The molecular formula is C20H36O7S. The van der Waals surface area contributed by atoms with Crippen LogP contribution in [0, 0.1) is 0 Å². The lowest BCUT2D eigenvalue weighted by atomic mass is 10.1. The Kier molecular flexibility index (Phi) is 15.7. The monoisotopic (exact) mass is 420 g/mol. The van der Waals surface area contributed by atoms with Crippen LogP contribution in [0.5, 0.6) is 0 Å². The Morgan fingerprint density at radius 3 is 1.89 bits per heavy atom. The van der Waals surface area contributed by atoms with E-state index in [9.17, 15) is 18.0 Å². The van der Waals surface area contributed by atoms with E-state index in [2.05, 4.69) is 11.7 Å². The molecule has 0 aromatic heterocycles. The van der Waals surface area contributed by atoms with Crippen molar-refractivity contribution in [3.63, 3.8) is 0 Å². The Bertz CT molecular complexity index is 555. The second-order valence-corrected chi connectivity index (χ2v) is 8.47. The van der Waals surface area contributed by atoms with E-state index in [-0.39, 0.29) is 6.61 Å². The van der Waals surface area contributed by atoms with Gasteiger partial charge in [-0.3, -0.25) is 14.1 Å². The lowest BCUT2D eigenvalue weighted by molar-refractivity contribution is -0.147. The van der Waals surface area contributed by atoms with Crippen molar-refractivity contribution in [1.29, 1.82) is 0 Å². The third kappa shape index (κ3) is 14.6. The van der Waals surface area contributed by atoms with Gasteiger partial charge in [0.1, 0.15) is 0 Å². The third-order valence-electron chi connectivity index (χ3n) is 4.31. The zero-order chi connectivity index (χ0) is 21.3. The largest absolute Gasteiger partial charge is 0.466 e. The Morgan fingerprint density at radius 1 is 0.929 bits per heavy atom. The van der Waals surface area contributed by atoms with E-state index in [4.69, 9.17) is 9.29 Å². The fraction of sp³-hybridized carbons (Fsp3) is 0.800. The summed E-state index contributed by atoms with van der Waals surface area (Å²) in [5.41, 5.74) is 0. The molecule has 0 saturated heterocycles. The summed E-state index contributed by atoms with van der Waals surface area (Å²) in [6.07, 6.45) is 14.4. The quantitative estimate of drug-likeness (QED) is 0.159. The van der Waals surface area contributed by atoms with Gasteiger partial charge in [0.2, 0.25) is 0 Å². The van der Waals surface area contributed by atoms with Gasteiger partial charge in [-0.2, -0.15) is 8.42 Å². The lowest BCUT2D eigenvalue weighted by Crippen LogP contribution is -2.33. The van der Waals surface area contributed by atoms with Crippen molar-refractivity contribution in [2.45, 2.75) is 96.1 Å². The van der Waals surface area contributed by atoms with Crippen molar-refractivity contribution in [2.24, 2.45) is 0 Å². The summed E-state index contributed by atoms with van der Waals surface area (Å²) in [6, 6.07) is 0. The van der Waals surface area contributed by atoms with Gasteiger partial charge in [0, 0.05) is 0 Å². The minimum absolute atomic E-state index is 0.165. The van der Waals surface area contributed by atoms with E-state index in [0.29, 0.717) is 6.42 Å². The average molecular weight is 421 g/mol. The molecule has 0 heterocycles. The van der Waals surface area contributed by atoms with Gasteiger partial charge in [0.25, 0.3) is 10.1 Å². The predicted octanol–water partition coefficient (Wildman–Crippen LogP) is 4.56. The number of hydrogen-bond donors (Lipinski definition) is 1. The summed E-state index contributed by atoms with van der Waals surface area (Å²) in [5.74, 6) is -2.07. The van der Waals surface area contributed by atoms with Crippen LogP contribution >= 0.6 is 0 Å². The molecule has 0 aromatic carbocycles. The Hall–Kier alpha value is -1.41. The Balaban J connectivity index is 3.86. The highest BCUT2D eigenvalue weighted by molar-refractivity contribution is 7.87. The molecule has 0 aliphatic carbocycles. The Labute approximate surface area is 169 Å². The summed E-state index contributed by atoms with van der Waals surface area (Å²) < 4.78 is 41.1. The number of esters is 2. The molecule has 1 unspecified atom stereocenters. The lowest BCUT2D eigenvalue weighted by Gasteiger charge is -2.11. The molecule has 7 nitrogen and oxygen atoms in total. The second kappa shape index (κ2) is 16.5. The van der Waals surface area contributed by atoms with Crippen LogP contribution in [0.15, 0.2) is 12.3 Å². The summed E-state index contributed by atoms with van der Waals surface area (Å²) in [7, 11) is -4.75. The van der Waals surface area contributed by atoms with Crippen LogP contribution < -0.4 is 0 Å². The van der Waals surface area contributed by atoms with Gasteiger partial charge in [-0.25, -0.2) is 0 Å². The van der Waals surface area contributed by atoms with Crippen molar-refractivity contribution in [2.75, 3.05) is 6.61 Å². The first-order valence-corrected chi connectivity index (χ1v) is 11.8. The molecule has 1 N–H and O–H groups in total. The molecule has 0 rings (SSSR count). The van der Waals surface area contributed by atoms with Crippen molar-refractivity contribution in [3.05, 3.63) is 12.3 Å². The van der Waals surface area contributed by atoms with Crippen LogP contribution in [0.2, 0.25) is 0 Å². The standard InChI is InChI=1S/C20H36O7S/c1-3-5-6-7-8-9-10-11-12-13-14-16-26-19(21)17-18(28(23,24)25)20(22)27-15-4-2/h4,15,18H,3,5-14,16-17H2,1-2H3,(H,23,24,25)/b15-4+. The number of allylic oxidation sites excluding steroid dienone is 1. The molecule has 0 radical (unpaired) electrons. The van der Waals surface area contributed by atoms with Gasteiger partial charge < -0.3 is 9.47 Å². The van der Waals surface area contributed by atoms with Gasteiger partial charge in [0.05, 0.1) is 19.3 Å². The SMILES string of the molecule is C/C=C/OC(=O)C(CC(=O)OCCCCCCCCCCCCC)S(=O)(=O)O. The van der Waals surface area contributed by atoms with E-state index in [1.807, 2.05) is 0 Å². The molecule has 0 amide bonds. The number of hydrogen-bond acceptors (Lipinski definition) is 6. The van der Waals surface area contributed by atoms with E-state index in [1.54, 1.807) is 6.92 Å². The topological polar surface area (TPSA) is 107 Å². The average Bonchev–Trinajstić information content (AvgIpc) is 2.64. The number of unbranched alkanes of at least 4 members (excludes halogenated alkanes) is 10. The molecule has 28 heavy (non-hydrogen) atoms. The van der Waals surface area contributed by atoms with Gasteiger partial charge in [-0.05, 0) is 13.3 Å². The fourth-order valence-corrected chi connectivity index (χ4v) is 3.33. The van der Waals surface area contributed by atoms with Crippen molar-refractivity contribution in [1.82, 2.24) is 0 Å². The predicted molar refractivity (Wildman–Crippen MR) is 108 cm³/mol. The molecule has 0 spiro atoms. The molecule has 0 aromatic rings. The first-order valence-electron chi connectivity index (χ1n) is 10.3. The fourth-order valence-electron chi connectivity index (χ4n) is 2.68. The van der Waals surface area contributed by atoms with Gasteiger partial charge >= 0.3 is 11.9 Å². The zero-order valence-electron chi connectivity index (χ0n) is 17.2. The van der Waals surface area contributed by atoms with Crippen molar-refractivity contribution >= 4 is 22.1 Å². The number of carbonyl (C=O) groups is 2. The minimum Gasteiger partial charge on any atom is -0.466 e. The third-order valence-corrected chi connectivity index (χ3v) is 5.38. The maximum absolute atomic E-state index is 11.7. The van der Waals surface area contributed by atoms with Crippen LogP contribution in [-0.2, 0) is 29.2 Å². The minimum atomic E-state index is -4.75. The molecule has 164 valence electrons. The second-order valence-electron chi connectivity index (χ2n) is 6.87. The maximum Gasteiger partial charge on any atom is 0.332 e. The summed E-state index contributed by atoms with van der Waals surface area (Å²) in [4.78, 5) is 23.4. The first kappa shape index (κ1) is 26.6. The number of ether oxygens (including phenoxy) is 2. The molecule has 0 fully saturated rings. The van der Waals surface area contributed by atoms with Gasteiger partial charge in [0.15, 0.2) is 5.25 Å². The van der Waals surface area contributed by atoms with Crippen LogP contribution in [0.25, 0.3) is 0 Å². The van der Waals surface area contributed by atoms with E-state index in [0.717, 1.165) is 25.5 Å². The van der Waals surface area contributed by atoms with Gasteiger partial charge in [-0.15, -0.1) is 0 Å². The van der Waals surface area contributed by atoms with E-state index in [1.165, 1.54) is 51.0 Å². The van der Waals surface area contributed by atoms with Crippen LogP contribution in [0.4, 0.5) is 0 Å². The summed E-state index contributed by atoms with van der Waals surface area (Å²) in [5, 5.41) is -1.98. The van der Waals surface area contributed by atoms with E-state index < -0.39 is 33.7 Å². The van der Waals surface area contributed by atoms with Gasteiger partial charge in [-0.1, -0.05) is 77.2 Å². The van der Waals surface area contributed by atoms with Crippen LogP contribution in [0.1, 0.15) is 90.9 Å². The normalized spacial score (nSPS) is 12.8. The van der Waals surface area contributed by atoms with E-state index >= 15 is 0 Å². The molecule has 0 saturated carbocycles. The van der Waals surface area contributed by atoms with Crippen LogP contribution in [0.3, 0.4) is 0 Å². The Morgan fingerprint density at radius 2 is 1.43 bits per heavy atom. The van der Waals surface area contributed by atoms with Crippen molar-refractivity contribution in [3.8, 4) is 0 Å². The summed E-state index contributed by atoms with van der Waals surface area (Å²) >= 11 is 0. The van der Waals surface area contributed by atoms with Crippen molar-refractivity contribution < 1.29 is 32.0 Å². The highest BCUT2D eigenvalue weighted by atomic mass is 32.2. The maximum atomic E-state index is 11.7. The molecule has 0 bridgehead atoms. The first-order chi connectivity index (χ1) is 13.3. The highest BCUT2D eigenvalue weighted by Gasteiger charge is 2.35. The molecule has 0 aliphatic rings. The smallest absolute Gasteiger partial charge is 0.332 e.